The van der Waals surface area contributed by atoms with Crippen molar-refractivity contribution in [1.82, 2.24) is 0 Å². The molecule has 2 rings (SSSR count). The molecule has 0 unspecified atom stereocenters. The number of carbonyl (C=O) groups excluding carboxylic acids is 1. The first-order valence-electron chi connectivity index (χ1n) is 5.47. The van der Waals surface area contributed by atoms with E-state index in [9.17, 15) is 4.79 Å². The first-order chi connectivity index (χ1) is 7.61. The Balaban J connectivity index is 2.79. The van der Waals surface area contributed by atoms with Gasteiger partial charge in [0.1, 0.15) is 12.4 Å². The van der Waals surface area contributed by atoms with Crippen LogP contribution in [0.15, 0.2) is 0 Å². The molecule has 1 aromatic carbocycles. The summed E-state index contributed by atoms with van der Waals surface area (Å²) in [6.45, 7) is 6.39. The molecule has 0 aromatic heterocycles. The predicted molar refractivity (Wildman–Crippen MR) is 61.0 cm³/mol. The van der Waals surface area contributed by atoms with E-state index in [0.717, 1.165) is 40.0 Å². The number of methoxy groups -OCH3 is 1. The lowest BCUT2D eigenvalue weighted by Gasteiger charge is -2.16. The molecular formula is C13H16O3. The van der Waals surface area contributed by atoms with Crippen molar-refractivity contribution in [2.75, 3.05) is 7.11 Å². The molecule has 3 heteroatoms. The average molecular weight is 220 g/mol. The van der Waals surface area contributed by atoms with Crippen LogP contribution in [-0.4, -0.2) is 13.1 Å². The standard InChI is InChI=1S/C13H16O3/c1-5-9-7(2)11-10(6-16-13(11)14)8(3)12(9)15-4/h5-6H2,1-4H3. The lowest BCUT2D eigenvalue weighted by Crippen LogP contribution is -2.05. The average Bonchev–Trinajstić information content (AvgIpc) is 2.65. The van der Waals surface area contributed by atoms with Crippen molar-refractivity contribution >= 4 is 5.97 Å². The van der Waals surface area contributed by atoms with Gasteiger partial charge in [-0.25, -0.2) is 4.79 Å². The molecule has 86 valence electrons. The summed E-state index contributed by atoms with van der Waals surface area (Å²) in [5.41, 5.74) is 4.87. The quantitative estimate of drug-likeness (QED) is 0.718. The van der Waals surface area contributed by atoms with Crippen LogP contribution in [0, 0.1) is 13.8 Å². The smallest absolute Gasteiger partial charge is 0.339 e. The van der Waals surface area contributed by atoms with Crippen molar-refractivity contribution in [2.24, 2.45) is 0 Å². The SMILES string of the molecule is CCc1c(C)c2c(c(C)c1OC)COC2=O. The number of carbonyl (C=O) groups is 1. The van der Waals surface area contributed by atoms with Crippen LogP contribution in [0.4, 0.5) is 0 Å². The molecule has 0 radical (unpaired) electrons. The van der Waals surface area contributed by atoms with Crippen LogP contribution in [0.3, 0.4) is 0 Å². The van der Waals surface area contributed by atoms with E-state index in [1.807, 2.05) is 13.8 Å². The van der Waals surface area contributed by atoms with Gasteiger partial charge in [-0.1, -0.05) is 6.92 Å². The van der Waals surface area contributed by atoms with Gasteiger partial charge in [0.05, 0.1) is 12.7 Å². The summed E-state index contributed by atoms with van der Waals surface area (Å²) in [7, 11) is 1.67. The van der Waals surface area contributed by atoms with Gasteiger partial charge < -0.3 is 9.47 Å². The number of hydrogen-bond donors (Lipinski definition) is 0. The first kappa shape index (κ1) is 11.0. The maximum Gasteiger partial charge on any atom is 0.339 e. The van der Waals surface area contributed by atoms with E-state index >= 15 is 0 Å². The van der Waals surface area contributed by atoms with Gasteiger partial charge in [-0.15, -0.1) is 0 Å². The van der Waals surface area contributed by atoms with Crippen LogP contribution in [-0.2, 0) is 17.8 Å². The van der Waals surface area contributed by atoms with E-state index in [-0.39, 0.29) is 5.97 Å². The summed E-state index contributed by atoms with van der Waals surface area (Å²) in [6.07, 6.45) is 0.858. The normalized spacial score (nSPS) is 13.6. The summed E-state index contributed by atoms with van der Waals surface area (Å²) in [5, 5.41) is 0. The van der Waals surface area contributed by atoms with Crippen molar-refractivity contribution in [3.8, 4) is 5.75 Å². The molecule has 0 saturated heterocycles. The highest BCUT2D eigenvalue weighted by Gasteiger charge is 2.29. The number of esters is 1. The van der Waals surface area contributed by atoms with E-state index in [1.165, 1.54) is 0 Å². The molecule has 3 nitrogen and oxygen atoms in total. The van der Waals surface area contributed by atoms with Crippen molar-refractivity contribution in [1.29, 1.82) is 0 Å². The molecule has 0 aliphatic carbocycles. The maximum atomic E-state index is 11.6. The third kappa shape index (κ3) is 1.31. The predicted octanol–water partition coefficient (Wildman–Crippen LogP) is 2.54. The minimum Gasteiger partial charge on any atom is -0.496 e. The van der Waals surface area contributed by atoms with Gasteiger partial charge in [0.2, 0.25) is 0 Å². The number of cyclic esters (lactones) is 1. The van der Waals surface area contributed by atoms with Gasteiger partial charge in [-0.2, -0.15) is 0 Å². The molecule has 1 aromatic rings. The largest absolute Gasteiger partial charge is 0.496 e. The Labute approximate surface area is 95.4 Å². The van der Waals surface area contributed by atoms with Crippen LogP contribution in [0.1, 0.15) is 39.5 Å². The van der Waals surface area contributed by atoms with Crippen LogP contribution in [0.2, 0.25) is 0 Å². The second kappa shape index (κ2) is 3.81. The first-order valence-corrected chi connectivity index (χ1v) is 5.47. The fourth-order valence-corrected chi connectivity index (χ4v) is 2.47. The Morgan fingerprint density at radius 2 is 2.00 bits per heavy atom. The molecule has 16 heavy (non-hydrogen) atoms. The zero-order chi connectivity index (χ0) is 11.9. The summed E-state index contributed by atoms with van der Waals surface area (Å²) >= 11 is 0. The molecule has 0 fully saturated rings. The summed E-state index contributed by atoms with van der Waals surface area (Å²) in [6, 6.07) is 0. The zero-order valence-corrected chi connectivity index (χ0v) is 10.1. The van der Waals surface area contributed by atoms with Gasteiger partial charge in [0, 0.05) is 5.56 Å². The van der Waals surface area contributed by atoms with E-state index in [0.29, 0.717) is 6.61 Å². The number of benzene rings is 1. The highest BCUT2D eigenvalue weighted by atomic mass is 16.5. The number of hydrogen-bond acceptors (Lipinski definition) is 3. The number of fused-ring (bicyclic) bond motifs is 1. The Bertz CT molecular complexity index is 461. The van der Waals surface area contributed by atoms with Crippen LogP contribution >= 0.6 is 0 Å². The molecule has 1 aliphatic heterocycles. The molecule has 0 saturated carbocycles. The highest BCUT2D eigenvalue weighted by Crippen LogP contribution is 2.37. The van der Waals surface area contributed by atoms with Crippen LogP contribution < -0.4 is 4.74 Å². The summed E-state index contributed by atoms with van der Waals surface area (Å²) < 4.78 is 10.5. The molecule has 0 N–H and O–H groups in total. The van der Waals surface area contributed by atoms with Crippen molar-refractivity contribution in [3.63, 3.8) is 0 Å². The van der Waals surface area contributed by atoms with E-state index in [2.05, 4.69) is 6.92 Å². The molecule has 1 aliphatic rings. The second-order valence-corrected chi connectivity index (χ2v) is 4.05. The fourth-order valence-electron chi connectivity index (χ4n) is 2.47. The summed E-state index contributed by atoms with van der Waals surface area (Å²) in [5.74, 6) is 0.699. The third-order valence-electron chi connectivity index (χ3n) is 3.31. The van der Waals surface area contributed by atoms with Gasteiger partial charge in [0.15, 0.2) is 0 Å². The third-order valence-corrected chi connectivity index (χ3v) is 3.31. The van der Waals surface area contributed by atoms with E-state index < -0.39 is 0 Å². The molecule has 0 bridgehead atoms. The van der Waals surface area contributed by atoms with Crippen LogP contribution in [0.25, 0.3) is 0 Å². The lowest BCUT2D eigenvalue weighted by molar-refractivity contribution is 0.0534. The Morgan fingerprint density at radius 3 is 2.56 bits per heavy atom. The van der Waals surface area contributed by atoms with Crippen molar-refractivity contribution < 1.29 is 14.3 Å². The van der Waals surface area contributed by atoms with Crippen molar-refractivity contribution in [3.05, 3.63) is 27.8 Å². The topological polar surface area (TPSA) is 35.5 Å². The Kier molecular flexibility index (Phi) is 2.62. The zero-order valence-electron chi connectivity index (χ0n) is 10.1. The number of rotatable bonds is 2. The Morgan fingerprint density at radius 1 is 1.31 bits per heavy atom. The van der Waals surface area contributed by atoms with E-state index in [1.54, 1.807) is 7.11 Å². The molecule has 0 spiro atoms. The molecular weight excluding hydrogens is 204 g/mol. The molecule has 1 heterocycles. The number of ether oxygens (including phenoxy) is 2. The second-order valence-electron chi connectivity index (χ2n) is 4.05. The summed E-state index contributed by atoms with van der Waals surface area (Å²) in [4.78, 5) is 11.6. The van der Waals surface area contributed by atoms with Gasteiger partial charge in [0.25, 0.3) is 0 Å². The molecule has 0 amide bonds. The van der Waals surface area contributed by atoms with Gasteiger partial charge in [-0.3, -0.25) is 0 Å². The van der Waals surface area contributed by atoms with Crippen LogP contribution in [0.5, 0.6) is 5.75 Å². The Hall–Kier alpha value is -1.51. The highest BCUT2D eigenvalue weighted by molar-refractivity contribution is 5.96. The van der Waals surface area contributed by atoms with Gasteiger partial charge >= 0.3 is 5.97 Å². The molecule has 0 atom stereocenters. The lowest BCUT2D eigenvalue weighted by atomic mass is 9.92. The monoisotopic (exact) mass is 220 g/mol. The van der Waals surface area contributed by atoms with Gasteiger partial charge in [-0.05, 0) is 37.0 Å². The minimum atomic E-state index is -0.201. The minimum absolute atomic E-state index is 0.201. The van der Waals surface area contributed by atoms with E-state index in [4.69, 9.17) is 9.47 Å². The maximum absolute atomic E-state index is 11.6. The van der Waals surface area contributed by atoms with Crippen molar-refractivity contribution in [2.45, 2.75) is 33.8 Å². The fraction of sp³-hybridized carbons (Fsp3) is 0.462.